The fourth-order valence-electron chi connectivity index (χ4n) is 2.76. The van der Waals surface area contributed by atoms with E-state index >= 15 is 0 Å². The Bertz CT molecular complexity index is 877. The number of para-hydroxylation sites is 1. The van der Waals surface area contributed by atoms with Crippen LogP contribution in [-0.2, 0) is 0 Å². The number of fused-ring (bicyclic) bond motifs is 1. The van der Waals surface area contributed by atoms with Crippen molar-refractivity contribution < 1.29 is 0 Å². The number of hydrogen-bond acceptors (Lipinski definition) is 1. The third-order valence-electron chi connectivity index (χ3n) is 3.75. The van der Waals surface area contributed by atoms with E-state index in [-0.39, 0.29) is 0 Å². The van der Waals surface area contributed by atoms with E-state index in [0.29, 0.717) is 14.5 Å². The number of hydrogen-bond donors (Lipinski definition) is 0. The molecule has 22 heavy (non-hydrogen) atoms. The molecule has 3 aromatic carbocycles. The van der Waals surface area contributed by atoms with E-state index in [1.54, 1.807) is 0 Å². The first-order valence-corrected chi connectivity index (χ1v) is 9.14. The van der Waals surface area contributed by atoms with Crippen molar-refractivity contribution in [3.8, 4) is 0 Å². The summed E-state index contributed by atoms with van der Waals surface area (Å²) in [5.41, 5.74) is 2.47. The van der Waals surface area contributed by atoms with Gasteiger partial charge in [0.2, 0.25) is 0 Å². The van der Waals surface area contributed by atoms with Crippen molar-refractivity contribution >= 4 is 41.2 Å². The second-order valence-electron chi connectivity index (χ2n) is 5.12. The maximum absolute atomic E-state index is 2.39. The molecule has 1 nitrogen and oxygen atoms in total. The Hall–Kier alpha value is -2.28. The zero-order chi connectivity index (χ0) is 14.8. The molecule has 0 aliphatic rings. The van der Waals surface area contributed by atoms with Gasteiger partial charge >= 0.3 is 136 Å². The molecule has 0 saturated heterocycles. The molecule has 4 rings (SSSR count). The van der Waals surface area contributed by atoms with Gasteiger partial charge in [0, 0.05) is 0 Å². The fourth-order valence-corrected chi connectivity index (χ4v) is 4.36. The molecule has 0 amide bonds. The van der Waals surface area contributed by atoms with Crippen LogP contribution >= 0.6 is 0 Å². The molecule has 0 bridgehead atoms. The number of rotatable bonds is 3. The van der Waals surface area contributed by atoms with Crippen molar-refractivity contribution in [3.05, 3.63) is 89.9 Å². The molecule has 106 valence electrons. The predicted molar refractivity (Wildman–Crippen MR) is 95.6 cm³/mol. The summed E-state index contributed by atoms with van der Waals surface area (Å²) in [6.07, 6.45) is 0. The molecule has 1 heterocycles. The van der Waals surface area contributed by atoms with Gasteiger partial charge in [-0.2, -0.15) is 0 Å². The van der Waals surface area contributed by atoms with Crippen LogP contribution in [0.5, 0.6) is 0 Å². The Kier molecular flexibility index (Phi) is 3.55. The van der Waals surface area contributed by atoms with Gasteiger partial charge in [-0.3, -0.25) is 0 Å². The normalized spacial score (nSPS) is 10.7. The van der Waals surface area contributed by atoms with Crippen LogP contribution in [0.2, 0.25) is 0 Å². The summed E-state index contributed by atoms with van der Waals surface area (Å²) < 4.78 is 1.37. The van der Waals surface area contributed by atoms with Gasteiger partial charge in [-0.25, -0.2) is 0 Å². The third kappa shape index (κ3) is 2.37. The van der Waals surface area contributed by atoms with E-state index in [9.17, 15) is 0 Å². The van der Waals surface area contributed by atoms with Crippen molar-refractivity contribution in [3.63, 3.8) is 0 Å². The molecule has 0 fully saturated rings. The van der Waals surface area contributed by atoms with E-state index in [1.807, 2.05) is 0 Å². The van der Waals surface area contributed by atoms with E-state index < -0.39 is 0 Å². The second kappa shape index (κ2) is 5.84. The molecule has 2 heteroatoms. The molecular formula is C20H15NSe. The number of benzene rings is 3. The first-order valence-electron chi connectivity index (χ1n) is 7.30. The molecule has 1 aromatic heterocycles. The Morgan fingerprint density at radius 2 is 1.41 bits per heavy atom. The monoisotopic (exact) mass is 349 g/mol. The summed E-state index contributed by atoms with van der Waals surface area (Å²) in [4.78, 5) is 4.66. The summed E-state index contributed by atoms with van der Waals surface area (Å²) in [5, 5.41) is 2.57. The summed E-state index contributed by atoms with van der Waals surface area (Å²) in [5.74, 6) is 0. The first kappa shape index (κ1) is 13.4. The zero-order valence-electron chi connectivity index (χ0n) is 12.0. The van der Waals surface area contributed by atoms with Gasteiger partial charge < -0.3 is 0 Å². The third-order valence-corrected chi connectivity index (χ3v) is 5.54. The molecule has 0 saturated carbocycles. The van der Waals surface area contributed by atoms with E-state index in [4.69, 9.17) is 0 Å². The van der Waals surface area contributed by atoms with Crippen molar-refractivity contribution in [1.82, 2.24) is 0 Å². The average Bonchev–Trinajstić information content (AvgIpc) is 3.11. The van der Waals surface area contributed by atoms with Crippen LogP contribution < -0.4 is 4.90 Å². The van der Waals surface area contributed by atoms with E-state index in [0.717, 1.165) is 0 Å². The van der Waals surface area contributed by atoms with Gasteiger partial charge in [0.1, 0.15) is 0 Å². The quantitative estimate of drug-likeness (QED) is 0.450. The van der Waals surface area contributed by atoms with Gasteiger partial charge in [0.25, 0.3) is 0 Å². The van der Waals surface area contributed by atoms with Crippen molar-refractivity contribution in [1.29, 1.82) is 0 Å². The van der Waals surface area contributed by atoms with Crippen molar-refractivity contribution in [2.45, 2.75) is 0 Å². The summed E-state index contributed by atoms with van der Waals surface area (Å²) in [6, 6.07) is 30.1. The number of anilines is 3. The van der Waals surface area contributed by atoms with Crippen LogP contribution in [-0.4, -0.2) is 14.5 Å². The van der Waals surface area contributed by atoms with Gasteiger partial charge in [-0.15, -0.1) is 0 Å². The van der Waals surface area contributed by atoms with Gasteiger partial charge in [-0.05, 0) is 0 Å². The summed E-state index contributed by atoms with van der Waals surface area (Å²) in [6.45, 7) is 0. The topological polar surface area (TPSA) is 3.24 Å². The number of nitrogens with zero attached hydrogens (tertiary/aromatic N) is 1. The molecule has 0 aliphatic carbocycles. The Balaban J connectivity index is 1.98. The van der Waals surface area contributed by atoms with Crippen LogP contribution in [0.25, 0.3) is 10.8 Å². The molecule has 4 aromatic rings. The van der Waals surface area contributed by atoms with Gasteiger partial charge in [0.05, 0.1) is 0 Å². The summed E-state index contributed by atoms with van der Waals surface area (Å²) in [7, 11) is 0. The minimum atomic E-state index is 0.382. The van der Waals surface area contributed by atoms with Crippen LogP contribution in [0.15, 0.2) is 89.9 Å². The first-order chi connectivity index (χ1) is 10.9. The molecule has 0 spiro atoms. The van der Waals surface area contributed by atoms with E-state index in [2.05, 4.69) is 94.8 Å². The Morgan fingerprint density at radius 3 is 2.23 bits per heavy atom. The van der Waals surface area contributed by atoms with Crippen LogP contribution in [0, 0.1) is 0 Å². The standard InChI is InChI=1S/C20H15NSe/c1-2-10-17(11-3-1)21(20-14-7-15-22-20)19-13-6-9-16-8-4-5-12-18(16)19/h1-15H. The van der Waals surface area contributed by atoms with Crippen molar-refractivity contribution in [2.75, 3.05) is 4.90 Å². The minimum absolute atomic E-state index is 0.382. The molecule has 0 atom stereocenters. The molecular weight excluding hydrogens is 333 g/mol. The van der Waals surface area contributed by atoms with Gasteiger partial charge in [0.15, 0.2) is 0 Å². The van der Waals surface area contributed by atoms with E-state index in [1.165, 1.54) is 26.7 Å². The predicted octanol–water partition coefficient (Wildman–Crippen LogP) is 5.37. The van der Waals surface area contributed by atoms with Crippen molar-refractivity contribution in [2.24, 2.45) is 0 Å². The maximum atomic E-state index is 2.39. The molecule has 0 radical (unpaired) electrons. The van der Waals surface area contributed by atoms with Crippen LogP contribution in [0.4, 0.5) is 15.9 Å². The Morgan fingerprint density at radius 1 is 0.636 bits per heavy atom. The Labute approximate surface area is 136 Å². The molecule has 0 N–H and O–H groups in total. The van der Waals surface area contributed by atoms with Crippen LogP contribution in [0.1, 0.15) is 0 Å². The molecule has 0 unspecified atom stereocenters. The zero-order valence-corrected chi connectivity index (χ0v) is 13.7. The second-order valence-corrected chi connectivity index (χ2v) is 7.06. The summed E-state index contributed by atoms with van der Waals surface area (Å²) >= 11 is 0.382. The average molecular weight is 348 g/mol. The SMILES string of the molecule is c1ccc(N(c2ccc[se]2)c2cccc3ccccc23)cc1. The molecule has 0 aliphatic heterocycles. The fraction of sp³-hybridized carbons (Fsp3) is 0. The van der Waals surface area contributed by atoms with Crippen LogP contribution in [0.3, 0.4) is 0 Å². The van der Waals surface area contributed by atoms with Gasteiger partial charge in [-0.1, -0.05) is 0 Å².